The molecule has 2 N–H and O–H groups in total. The van der Waals surface area contributed by atoms with E-state index in [0.717, 1.165) is 17.4 Å². The van der Waals surface area contributed by atoms with Gasteiger partial charge in [0.05, 0.1) is 5.56 Å². The zero-order chi connectivity index (χ0) is 19.7. The van der Waals surface area contributed by atoms with Crippen molar-refractivity contribution in [2.75, 3.05) is 0 Å². The summed E-state index contributed by atoms with van der Waals surface area (Å²) in [6, 6.07) is 18.6. The summed E-state index contributed by atoms with van der Waals surface area (Å²) in [5, 5.41) is 0.607. The van der Waals surface area contributed by atoms with Gasteiger partial charge >= 0.3 is 0 Å². The van der Waals surface area contributed by atoms with E-state index < -0.39 is 5.91 Å². The van der Waals surface area contributed by atoms with Gasteiger partial charge < -0.3 is 10.2 Å². The molecule has 0 atom stereocenters. The van der Waals surface area contributed by atoms with Crippen molar-refractivity contribution in [1.29, 1.82) is 0 Å². The van der Waals surface area contributed by atoms with Crippen LogP contribution in [0.25, 0.3) is 22.3 Å². The van der Waals surface area contributed by atoms with Crippen LogP contribution in [-0.4, -0.2) is 12.2 Å². The fraction of sp³-hybridized carbons (Fsp3) is 0.0435. The molecule has 0 fully saturated rings. The van der Waals surface area contributed by atoms with Crippen molar-refractivity contribution in [3.8, 4) is 11.3 Å². The predicted molar refractivity (Wildman–Crippen MR) is 105 cm³/mol. The molecule has 28 heavy (non-hydrogen) atoms. The molecule has 3 aromatic carbocycles. The average Bonchev–Trinajstić information content (AvgIpc) is 3.07. The predicted octanol–water partition coefficient (Wildman–Crippen LogP) is 4.74. The Labute approximate surface area is 160 Å². The Kier molecular flexibility index (Phi) is 4.49. The molecule has 4 nitrogen and oxygen atoms in total. The van der Waals surface area contributed by atoms with Gasteiger partial charge in [-0.3, -0.25) is 9.59 Å². The molecule has 0 saturated heterocycles. The highest BCUT2D eigenvalue weighted by Gasteiger charge is 2.20. The highest BCUT2D eigenvalue weighted by atomic mass is 19.1. The van der Waals surface area contributed by atoms with Gasteiger partial charge in [-0.15, -0.1) is 0 Å². The van der Waals surface area contributed by atoms with Crippen molar-refractivity contribution in [1.82, 2.24) is 0 Å². The lowest BCUT2D eigenvalue weighted by molar-refractivity contribution is 0.100. The molecule has 138 valence electrons. The van der Waals surface area contributed by atoms with Crippen molar-refractivity contribution < 1.29 is 18.4 Å². The third kappa shape index (κ3) is 3.30. The number of rotatable bonds is 5. The number of aldehydes is 1. The van der Waals surface area contributed by atoms with E-state index in [1.165, 1.54) is 12.1 Å². The summed E-state index contributed by atoms with van der Waals surface area (Å²) < 4.78 is 19.1. The van der Waals surface area contributed by atoms with Crippen LogP contribution in [0.5, 0.6) is 0 Å². The van der Waals surface area contributed by atoms with Gasteiger partial charge in [0.25, 0.3) is 5.91 Å². The molecule has 0 saturated carbocycles. The molecule has 4 rings (SSSR count). The van der Waals surface area contributed by atoms with Crippen molar-refractivity contribution in [2.45, 2.75) is 6.42 Å². The topological polar surface area (TPSA) is 73.3 Å². The highest BCUT2D eigenvalue weighted by molar-refractivity contribution is 6.10. The quantitative estimate of drug-likeness (QED) is 0.514. The number of carbonyl (C=O) groups is 2. The van der Waals surface area contributed by atoms with Gasteiger partial charge in [0.2, 0.25) is 0 Å². The molecule has 1 aromatic heterocycles. The minimum Gasteiger partial charge on any atom is -0.455 e. The van der Waals surface area contributed by atoms with Gasteiger partial charge in [0, 0.05) is 16.5 Å². The number of benzene rings is 3. The Balaban J connectivity index is 1.80. The zero-order valence-electron chi connectivity index (χ0n) is 14.8. The normalized spacial score (nSPS) is 10.9. The van der Waals surface area contributed by atoms with Crippen LogP contribution >= 0.6 is 0 Å². The largest absolute Gasteiger partial charge is 0.455 e. The molecule has 0 radical (unpaired) electrons. The highest BCUT2D eigenvalue weighted by Crippen LogP contribution is 2.34. The molecule has 1 heterocycles. The minimum atomic E-state index is -0.613. The monoisotopic (exact) mass is 373 g/mol. The molecule has 4 aromatic rings. The van der Waals surface area contributed by atoms with Gasteiger partial charge in [-0.05, 0) is 60.0 Å². The van der Waals surface area contributed by atoms with Crippen molar-refractivity contribution in [3.63, 3.8) is 0 Å². The lowest BCUT2D eigenvalue weighted by atomic mass is 9.99. The number of primary amides is 1. The number of halogens is 1. The fourth-order valence-electron chi connectivity index (χ4n) is 3.32. The van der Waals surface area contributed by atoms with Crippen LogP contribution in [0.4, 0.5) is 4.39 Å². The molecular weight excluding hydrogens is 357 g/mol. The maximum atomic E-state index is 13.2. The molecule has 5 heteroatoms. The van der Waals surface area contributed by atoms with Crippen LogP contribution in [0.2, 0.25) is 0 Å². The minimum absolute atomic E-state index is 0.269. The molecule has 0 aliphatic heterocycles. The molecule has 1 amide bonds. The third-order valence-corrected chi connectivity index (χ3v) is 4.60. The number of carbonyl (C=O) groups excluding carboxylic acids is 2. The molecule has 0 bridgehead atoms. The number of hydrogen-bond acceptors (Lipinski definition) is 3. The lowest BCUT2D eigenvalue weighted by Crippen LogP contribution is -2.11. The van der Waals surface area contributed by atoms with E-state index in [-0.39, 0.29) is 11.4 Å². The first-order chi connectivity index (χ1) is 13.5. The molecule has 0 unspecified atom stereocenters. The van der Waals surface area contributed by atoms with Crippen molar-refractivity contribution in [3.05, 3.63) is 94.8 Å². The van der Waals surface area contributed by atoms with Crippen LogP contribution < -0.4 is 5.73 Å². The number of nitrogens with two attached hydrogens (primary N) is 1. The summed E-state index contributed by atoms with van der Waals surface area (Å²) in [5.41, 5.74) is 9.53. The van der Waals surface area contributed by atoms with E-state index in [2.05, 4.69) is 0 Å². The number of hydrogen-bond donors (Lipinski definition) is 1. The van der Waals surface area contributed by atoms with Crippen LogP contribution in [0.15, 0.2) is 71.1 Å². The van der Waals surface area contributed by atoms with E-state index in [0.29, 0.717) is 34.3 Å². The maximum absolute atomic E-state index is 13.2. The number of fused-ring (bicyclic) bond motifs is 1. The van der Waals surface area contributed by atoms with Crippen LogP contribution in [0, 0.1) is 5.82 Å². The first-order valence-corrected chi connectivity index (χ1v) is 8.70. The van der Waals surface area contributed by atoms with E-state index in [1.807, 2.05) is 30.3 Å². The number of furan rings is 1. The average molecular weight is 373 g/mol. The van der Waals surface area contributed by atoms with E-state index in [4.69, 9.17) is 10.2 Å². The Morgan fingerprint density at radius 2 is 1.75 bits per heavy atom. The second-order valence-electron chi connectivity index (χ2n) is 6.55. The first-order valence-electron chi connectivity index (χ1n) is 8.70. The Morgan fingerprint density at radius 1 is 1.00 bits per heavy atom. The fourth-order valence-corrected chi connectivity index (χ4v) is 3.32. The summed E-state index contributed by atoms with van der Waals surface area (Å²) in [5.74, 6) is -0.666. The number of amides is 1. The standard InChI is InChI=1S/C23H16FNO3/c24-18-7-5-17(6-8-18)22-21(23(25)27)19-12-15(4-9-20(19)28-22)10-14-2-1-3-16(11-14)13-26/h1-9,11-13H,10H2,(H2,25,27). The summed E-state index contributed by atoms with van der Waals surface area (Å²) in [6.07, 6.45) is 1.40. The van der Waals surface area contributed by atoms with Gasteiger partial charge in [0.1, 0.15) is 23.4 Å². The first kappa shape index (κ1) is 17.7. The van der Waals surface area contributed by atoms with Gasteiger partial charge in [-0.2, -0.15) is 0 Å². The molecule has 0 spiro atoms. The summed E-state index contributed by atoms with van der Waals surface area (Å²) >= 11 is 0. The van der Waals surface area contributed by atoms with Crippen LogP contribution in [-0.2, 0) is 6.42 Å². The van der Waals surface area contributed by atoms with E-state index in [1.54, 1.807) is 24.3 Å². The Bertz CT molecular complexity index is 1190. The van der Waals surface area contributed by atoms with Gasteiger partial charge in [0.15, 0.2) is 0 Å². The molecule has 0 aliphatic rings. The van der Waals surface area contributed by atoms with E-state index >= 15 is 0 Å². The smallest absolute Gasteiger partial charge is 0.253 e. The van der Waals surface area contributed by atoms with E-state index in [9.17, 15) is 14.0 Å². The van der Waals surface area contributed by atoms with Gasteiger partial charge in [-0.1, -0.05) is 24.3 Å². The summed E-state index contributed by atoms with van der Waals surface area (Å²) in [4.78, 5) is 23.1. The third-order valence-electron chi connectivity index (χ3n) is 4.60. The lowest BCUT2D eigenvalue weighted by Gasteiger charge is -2.03. The SMILES string of the molecule is NC(=O)c1c(-c2ccc(F)cc2)oc2ccc(Cc3cccc(C=O)c3)cc12. The van der Waals surface area contributed by atoms with Crippen molar-refractivity contribution >= 4 is 23.2 Å². The van der Waals surface area contributed by atoms with Gasteiger partial charge in [-0.25, -0.2) is 4.39 Å². The Morgan fingerprint density at radius 3 is 2.46 bits per heavy atom. The van der Waals surface area contributed by atoms with Crippen LogP contribution in [0.3, 0.4) is 0 Å². The molecule has 0 aliphatic carbocycles. The van der Waals surface area contributed by atoms with Crippen molar-refractivity contribution in [2.24, 2.45) is 5.73 Å². The Hall–Kier alpha value is -3.73. The van der Waals surface area contributed by atoms with Crippen LogP contribution in [0.1, 0.15) is 31.8 Å². The zero-order valence-corrected chi connectivity index (χ0v) is 14.8. The second-order valence-corrected chi connectivity index (χ2v) is 6.55. The molecular formula is C23H16FNO3. The second kappa shape index (κ2) is 7.12. The maximum Gasteiger partial charge on any atom is 0.253 e. The summed E-state index contributed by atoms with van der Waals surface area (Å²) in [7, 11) is 0. The summed E-state index contributed by atoms with van der Waals surface area (Å²) in [6.45, 7) is 0.